The van der Waals surface area contributed by atoms with Gasteiger partial charge >= 0.3 is 12.2 Å². The van der Waals surface area contributed by atoms with Crippen molar-refractivity contribution in [2.75, 3.05) is 6.54 Å². The molecule has 0 N–H and O–H groups in total. The number of likely N-dealkylation sites (tertiary alicyclic amines) is 1. The van der Waals surface area contributed by atoms with Gasteiger partial charge in [-0.25, -0.2) is 9.59 Å². The lowest BCUT2D eigenvalue weighted by Crippen LogP contribution is -2.45. The van der Waals surface area contributed by atoms with Gasteiger partial charge < -0.3 is 19.1 Å². The molecule has 2 aliphatic rings. The summed E-state index contributed by atoms with van der Waals surface area (Å²) in [4.78, 5) is 40.7. The summed E-state index contributed by atoms with van der Waals surface area (Å²) in [6.45, 7) is 15.2. The van der Waals surface area contributed by atoms with Gasteiger partial charge in [-0.2, -0.15) is 0 Å². The second kappa shape index (κ2) is 9.47. The Morgan fingerprint density at radius 3 is 2.06 bits per heavy atom. The van der Waals surface area contributed by atoms with Gasteiger partial charge in [0.25, 0.3) is 0 Å². The lowest BCUT2D eigenvalue weighted by molar-refractivity contribution is -0.121. The maximum absolute atomic E-state index is 12.7. The molecule has 2 aliphatic heterocycles. The maximum atomic E-state index is 12.7. The van der Waals surface area contributed by atoms with Crippen LogP contribution in [0.4, 0.5) is 9.59 Å². The zero-order valence-corrected chi connectivity index (χ0v) is 21.6. The molecule has 3 atom stereocenters. The number of fused-ring (bicyclic) bond motifs is 1. The summed E-state index contributed by atoms with van der Waals surface area (Å²) >= 11 is 0. The number of amides is 2. The SMILES string of the molecule is CC(=O)C1C[C@H](Oc2ccc3c(c2)CN(C(=O)OC(C)(C)C)C(C)C3)CN1C(=O)OC(C)(C)C. The fraction of sp³-hybridized carbons (Fsp3) is 0.654. The standard InChI is InChI=1S/C26H38N2O6/c1-16-11-18-9-10-20(12-19(18)14-27(16)23(30)33-25(3,4)5)32-21-13-22(17(2)29)28(15-21)24(31)34-26(6,7)8/h9-10,12,16,21-22H,11,13-15H2,1-8H3/t16?,21-,22?/m0/s1. The van der Waals surface area contributed by atoms with Crippen LogP contribution in [-0.2, 0) is 27.2 Å². The van der Waals surface area contributed by atoms with Gasteiger partial charge in [-0.1, -0.05) is 6.07 Å². The van der Waals surface area contributed by atoms with Crippen molar-refractivity contribution in [1.29, 1.82) is 0 Å². The average Bonchev–Trinajstić information content (AvgIpc) is 3.09. The van der Waals surface area contributed by atoms with Crippen LogP contribution in [0.25, 0.3) is 0 Å². The van der Waals surface area contributed by atoms with Crippen LogP contribution in [0, 0.1) is 0 Å². The molecule has 0 bridgehead atoms. The van der Waals surface area contributed by atoms with Crippen LogP contribution in [0.5, 0.6) is 5.75 Å². The van der Waals surface area contributed by atoms with E-state index in [-0.39, 0.29) is 30.6 Å². The molecular formula is C26H38N2O6. The second-order valence-electron chi connectivity index (χ2n) is 11.3. The van der Waals surface area contributed by atoms with E-state index in [1.165, 1.54) is 17.4 Å². The topological polar surface area (TPSA) is 85.4 Å². The Morgan fingerprint density at radius 2 is 1.50 bits per heavy atom. The number of benzene rings is 1. The minimum absolute atomic E-state index is 0.0302. The van der Waals surface area contributed by atoms with E-state index < -0.39 is 23.3 Å². The number of ketones is 1. The van der Waals surface area contributed by atoms with Crippen LogP contribution in [0.2, 0.25) is 0 Å². The molecule has 1 fully saturated rings. The fourth-order valence-electron chi connectivity index (χ4n) is 4.34. The zero-order chi connectivity index (χ0) is 25.4. The van der Waals surface area contributed by atoms with Crippen LogP contribution in [0.3, 0.4) is 0 Å². The summed E-state index contributed by atoms with van der Waals surface area (Å²) in [5.41, 5.74) is 0.972. The van der Waals surface area contributed by atoms with Crippen molar-refractivity contribution >= 4 is 18.0 Å². The molecule has 1 saturated heterocycles. The Balaban J connectivity index is 1.72. The van der Waals surface area contributed by atoms with Gasteiger partial charge in [0.1, 0.15) is 23.1 Å². The summed E-state index contributed by atoms with van der Waals surface area (Å²) in [5, 5.41) is 0. The Kier molecular flexibility index (Phi) is 7.20. The molecule has 0 saturated carbocycles. The maximum Gasteiger partial charge on any atom is 0.411 e. The van der Waals surface area contributed by atoms with Crippen molar-refractivity contribution in [3.8, 4) is 5.75 Å². The summed E-state index contributed by atoms with van der Waals surface area (Å²) < 4.78 is 17.3. The van der Waals surface area contributed by atoms with E-state index in [1.807, 2.05) is 45.9 Å². The van der Waals surface area contributed by atoms with E-state index in [0.29, 0.717) is 18.7 Å². The normalized spacial score (nSPS) is 22.8. The first-order valence-corrected chi connectivity index (χ1v) is 11.9. The minimum Gasteiger partial charge on any atom is -0.488 e. The molecule has 2 heterocycles. The minimum atomic E-state index is -0.646. The first-order chi connectivity index (χ1) is 15.6. The Bertz CT molecular complexity index is 946. The molecule has 3 rings (SSSR count). The summed E-state index contributed by atoms with van der Waals surface area (Å²) in [6.07, 6.45) is -0.0237. The third-order valence-electron chi connectivity index (χ3n) is 5.86. The molecule has 188 valence electrons. The van der Waals surface area contributed by atoms with Crippen molar-refractivity contribution in [2.24, 2.45) is 0 Å². The van der Waals surface area contributed by atoms with Crippen molar-refractivity contribution in [2.45, 2.75) is 104 Å². The average molecular weight is 475 g/mol. The van der Waals surface area contributed by atoms with Gasteiger partial charge in [0, 0.05) is 19.0 Å². The Morgan fingerprint density at radius 1 is 0.912 bits per heavy atom. The third kappa shape index (κ3) is 6.42. The first kappa shape index (κ1) is 25.8. The predicted molar refractivity (Wildman–Crippen MR) is 128 cm³/mol. The number of rotatable bonds is 3. The molecule has 0 spiro atoms. The summed E-state index contributed by atoms with van der Waals surface area (Å²) in [7, 11) is 0. The third-order valence-corrected chi connectivity index (χ3v) is 5.86. The number of Topliss-reactive ketones (excluding diaryl/α,β-unsaturated/α-hetero) is 1. The van der Waals surface area contributed by atoms with Crippen LogP contribution >= 0.6 is 0 Å². The van der Waals surface area contributed by atoms with E-state index in [9.17, 15) is 14.4 Å². The van der Waals surface area contributed by atoms with Gasteiger partial charge in [0.15, 0.2) is 5.78 Å². The first-order valence-electron chi connectivity index (χ1n) is 11.9. The van der Waals surface area contributed by atoms with Crippen LogP contribution in [0.15, 0.2) is 18.2 Å². The lowest BCUT2D eigenvalue weighted by atomic mass is 9.95. The Hall–Kier alpha value is -2.77. The molecular weight excluding hydrogens is 436 g/mol. The number of hydrogen-bond acceptors (Lipinski definition) is 6. The van der Waals surface area contributed by atoms with Crippen LogP contribution in [-0.4, -0.2) is 63.7 Å². The van der Waals surface area contributed by atoms with Gasteiger partial charge in [-0.15, -0.1) is 0 Å². The van der Waals surface area contributed by atoms with E-state index in [0.717, 1.165) is 12.0 Å². The molecule has 2 unspecified atom stereocenters. The van der Waals surface area contributed by atoms with Gasteiger partial charge in [-0.05, 0) is 85.1 Å². The number of carbonyl (C=O) groups excluding carboxylic acids is 3. The van der Waals surface area contributed by atoms with E-state index in [4.69, 9.17) is 14.2 Å². The summed E-state index contributed by atoms with van der Waals surface area (Å²) in [6, 6.07) is 5.34. The number of nitrogens with zero attached hydrogens (tertiary/aromatic N) is 2. The highest BCUT2D eigenvalue weighted by Gasteiger charge is 2.41. The molecule has 8 nitrogen and oxygen atoms in total. The molecule has 0 aliphatic carbocycles. The van der Waals surface area contributed by atoms with Crippen molar-refractivity contribution in [3.63, 3.8) is 0 Å². The molecule has 1 aromatic rings. The second-order valence-corrected chi connectivity index (χ2v) is 11.3. The van der Waals surface area contributed by atoms with Gasteiger partial charge in [-0.3, -0.25) is 9.69 Å². The highest BCUT2D eigenvalue weighted by molar-refractivity contribution is 5.86. The number of carbonyl (C=O) groups is 3. The predicted octanol–water partition coefficient (Wildman–Crippen LogP) is 4.71. The van der Waals surface area contributed by atoms with E-state index >= 15 is 0 Å². The van der Waals surface area contributed by atoms with Crippen LogP contribution < -0.4 is 4.74 Å². The number of hydrogen-bond donors (Lipinski definition) is 0. The Labute approximate surface area is 202 Å². The molecule has 0 aromatic heterocycles. The highest BCUT2D eigenvalue weighted by Crippen LogP contribution is 2.31. The van der Waals surface area contributed by atoms with Gasteiger partial charge in [0.05, 0.1) is 12.6 Å². The monoisotopic (exact) mass is 474 g/mol. The van der Waals surface area contributed by atoms with E-state index in [2.05, 4.69) is 0 Å². The molecule has 8 heteroatoms. The van der Waals surface area contributed by atoms with Crippen LogP contribution in [0.1, 0.15) is 72.9 Å². The fourth-order valence-corrected chi connectivity index (χ4v) is 4.34. The van der Waals surface area contributed by atoms with Crippen molar-refractivity contribution in [3.05, 3.63) is 29.3 Å². The summed E-state index contributed by atoms with van der Waals surface area (Å²) in [5.74, 6) is 0.556. The van der Waals surface area contributed by atoms with Gasteiger partial charge in [0.2, 0.25) is 0 Å². The highest BCUT2D eigenvalue weighted by atomic mass is 16.6. The van der Waals surface area contributed by atoms with Crippen molar-refractivity contribution in [1.82, 2.24) is 9.80 Å². The number of ether oxygens (including phenoxy) is 3. The quantitative estimate of drug-likeness (QED) is 0.631. The molecule has 0 radical (unpaired) electrons. The largest absolute Gasteiger partial charge is 0.488 e. The molecule has 34 heavy (non-hydrogen) atoms. The molecule has 2 amide bonds. The zero-order valence-electron chi connectivity index (χ0n) is 21.6. The lowest BCUT2D eigenvalue weighted by Gasteiger charge is -2.36. The van der Waals surface area contributed by atoms with E-state index in [1.54, 1.807) is 25.7 Å². The molecule has 1 aromatic carbocycles. The van der Waals surface area contributed by atoms with Crippen molar-refractivity contribution < 1.29 is 28.6 Å². The smallest absolute Gasteiger partial charge is 0.411 e.